The van der Waals surface area contributed by atoms with Crippen molar-refractivity contribution in [1.29, 1.82) is 0 Å². The van der Waals surface area contributed by atoms with Crippen LogP contribution < -0.4 is 9.64 Å². The van der Waals surface area contributed by atoms with Gasteiger partial charge >= 0.3 is 0 Å². The van der Waals surface area contributed by atoms with Gasteiger partial charge in [-0.1, -0.05) is 29.8 Å². The highest BCUT2D eigenvalue weighted by Gasteiger charge is 2.27. The summed E-state index contributed by atoms with van der Waals surface area (Å²) in [4.78, 5) is 22.2. The van der Waals surface area contributed by atoms with Crippen molar-refractivity contribution in [2.24, 2.45) is 0 Å². The molecule has 0 radical (unpaired) electrons. The Labute approximate surface area is 196 Å². The maximum atomic E-state index is 13.7. The Balaban J connectivity index is 1.47. The van der Waals surface area contributed by atoms with Crippen molar-refractivity contribution in [2.75, 3.05) is 38.2 Å². The van der Waals surface area contributed by atoms with Crippen LogP contribution in [0.1, 0.15) is 15.9 Å². The molecule has 0 atom stereocenters. The van der Waals surface area contributed by atoms with E-state index in [1.807, 2.05) is 71.2 Å². The van der Waals surface area contributed by atoms with E-state index in [4.69, 9.17) is 9.84 Å². The van der Waals surface area contributed by atoms with Gasteiger partial charge in [0.2, 0.25) is 0 Å². The number of aromatic nitrogens is 3. The van der Waals surface area contributed by atoms with Crippen molar-refractivity contribution in [3.63, 3.8) is 0 Å². The van der Waals surface area contributed by atoms with Crippen LogP contribution in [0.3, 0.4) is 0 Å². The number of rotatable bonds is 5. The first-order valence-corrected chi connectivity index (χ1v) is 11.8. The van der Waals surface area contributed by atoms with Crippen molar-refractivity contribution >= 4 is 22.4 Å². The van der Waals surface area contributed by atoms with Crippen LogP contribution in [0.5, 0.6) is 5.75 Å². The van der Waals surface area contributed by atoms with Crippen LogP contribution in [0.2, 0.25) is 0 Å². The normalized spacial score (nSPS) is 13.9. The number of amides is 1. The molecular formula is C25H25N5O2S. The molecule has 8 heteroatoms. The number of aryl methyl sites for hydroxylation is 1. The number of piperazine rings is 1. The third kappa shape index (κ3) is 4.34. The first-order chi connectivity index (χ1) is 16.1. The van der Waals surface area contributed by atoms with Crippen molar-refractivity contribution in [3.05, 3.63) is 77.4 Å². The molecule has 2 aromatic carbocycles. The molecule has 0 bridgehead atoms. The van der Waals surface area contributed by atoms with Gasteiger partial charge in [0.25, 0.3) is 5.91 Å². The number of hydrogen-bond donors (Lipinski definition) is 0. The second-order valence-electron chi connectivity index (χ2n) is 8.00. The number of ether oxygens (including phenoxy) is 1. The molecule has 33 heavy (non-hydrogen) atoms. The van der Waals surface area contributed by atoms with Crippen molar-refractivity contribution in [1.82, 2.24) is 19.7 Å². The van der Waals surface area contributed by atoms with E-state index in [-0.39, 0.29) is 5.91 Å². The lowest BCUT2D eigenvalue weighted by Gasteiger charge is -2.34. The zero-order valence-electron chi connectivity index (χ0n) is 18.6. The average Bonchev–Trinajstić information content (AvgIpc) is 3.55. The van der Waals surface area contributed by atoms with Gasteiger partial charge in [0, 0.05) is 49.5 Å². The molecule has 1 fully saturated rings. The lowest BCUT2D eigenvalue weighted by Crippen LogP contribution is -2.48. The number of benzene rings is 2. The zero-order valence-corrected chi connectivity index (χ0v) is 19.5. The Morgan fingerprint density at radius 2 is 1.85 bits per heavy atom. The van der Waals surface area contributed by atoms with Gasteiger partial charge in [-0.3, -0.25) is 4.79 Å². The summed E-state index contributed by atoms with van der Waals surface area (Å²) in [6.45, 7) is 4.87. The molecule has 1 aliphatic heterocycles. The second-order valence-corrected chi connectivity index (χ2v) is 8.87. The Kier molecular flexibility index (Phi) is 5.83. The number of nitrogens with zero attached hydrogens (tertiary/aromatic N) is 5. The van der Waals surface area contributed by atoms with Crippen LogP contribution in [0.4, 0.5) is 5.13 Å². The van der Waals surface area contributed by atoms with E-state index >= 15 is 0 Å². The van der Waals surface area contributed by atoms with Crippen molar-refractivity contribution in [3.8, 4) is 22.7 Å². The summed E-state index contributed by atoms with van der Waals surface area (Å²) in [5.74, 6) is 0.720. The smallest absolute Gasteiger partial charge is 0.257 e. The Bertz CT molecular complexity index is 1240. The minimum atomic E-state index is -0.00929. The van der Waals surface area contributed by atoms with Crippen LogP contribution in [0.25, 0.3) is 16.9 Å². The number of hydrogen-bond acceptors (Lipinski definition) is 6. The minimum absolute atomic E-state index is 0.00929. The molecule has 1 saturated heterocycles. The largest absolute Gasteiger partial charge is 0.497 e. The molecule has 2 aromatic heterocycles. The molecule has 1 amide bonds. The van der Waals surface area contributed by atoms with Crippen LogP contribution in [0.15, 0.2) is 66.3 Å². The zero-order chi connectivity index (χ0) is 22.8. The number of anilines is 1. The topological polar surface area (TPSA) is 63.5 Å². The third-order valence-corrected chi connectivity index (χ3v) is 6.68. The molecule has 4 aromatic rings. The van der Waals surface area contributed by atoms with Crippen molar-refractivity contribution in [2.45, 2.75) is 6.92 Å². The highest BCUT2D eigenvalue weighted by atomic mass is 32.1. The van der Waals surface area contributed by atoms with Gasteiger partial charge in [0.1, 0.15) is 11.4 Å². The number of carbonyl (C=O) groups is 1. The van der Waals surface area contributed by atoms with Gasteiger partial charge in [-0.15, -0.1) is 11.3 Å². The Morgan fingerprint density at radius 3 is 2.55 bits per heavy atom. The maximum absolute atomic E-state index is 13.7. The van der Waals surface area contributed by atoms with Crippen LogP contribution in [-0.4, -0.2) is 58.9 Å². The molecule has 1 aliphatic rings. The van der Waals surface area contributed by atoms with E-state index in [0.29, 0.717) is 24.3 Å². The molecule has 0 aliphatic carbocycles. The minimum Gasteiger partial charge on any atom is -0.497 e. The SMILES string of the molecule is COc1cccc(-c2nn(-c3ccc(C)cc3)cc2C(=O)N2CCN(c3nccs3)CC2)c1. The molecule has 0 N–H and O–H groups in total. The third-order valence-electron chi connectivity index (χ3n) is 5.84. The molecule has 0 unspecified atom stereocenters. The molecule has 0 spiro atoms. The first-order valence-electron chi connectivity index (χ1n) is 10.9. The molecule has 0 saturated carbocycles. The van der Waals surface area contributed by atoms with E-state index in [1.165, 1.54) is 5.56 Å². The van der Waals surface area contributed by atoms with Gasteiger partial charge in [0.05, 0.1) is 18.4 Å². The van der Waals surface area contributed by atoms with E-state index < -0.39 is 0 Å². The van der Waals surface area contributed by atoms with Gasteiger partial charge in [0.15, 0.2) is 5.13 Å². The summed E-state index contributed by atoms with van der Waals surface area (Å²) < 4.78 is 7.19. The average molecular weight is 460 g/mol. The standard InChI is InChI=1S/C25H25N5O2S/c1-18-6-8-20(9-7-18)30-17-22(23(27-30)19-4-3-5-21(16-19)32-2)24(31)28-11-13-29(14-12-28)25-26-10-15-33-25/h3-10,15-17H,11-14H2,1-2H3. The highest BCUT2D eigenvalue weighted by Crippen LogP contribution is 2.28. The molecule has 168 valence electrons. The van der Waals surface area contributed by atoms with E-state index in [9.17, 15) is 4.79 Å². The fourth-order valence-corrected chi connectivity index (χ4v) is 4.68. The predicted octanol–water partition coefficient (Wildman–Crippen LogP) is 4.28. The van der Waals surface area contributed by atoms with Gasteiger partial charge in [-0.2, -0.15) is 5.10 Å². The van der Waals surface area contributed by atoms with Gasteiger partial charge in [-0.25, -0.2) is 9.67 Å². The summed E-state index contributed by atoms with van der Waals surface area (Å²) in [6.07, 6.45) is 3.66. The predicted molar refractivity (Wildman–Crippen MR) is 131 cm³/mol. The van der Waals surface area contributed by atoms with E-state index in [0.717, 1.165) is 35.2 Å². The Morgan fingerprint density at radius 1 is 1.06 bits per heavy atom. The molecule has 5 rings (SSSR count). The summed E-state index contributed by atoms with van der Waals surface area (Å²) >= 11 is 1.63. The van der Waals surface area contributed by atoms with Crippen LogP contribution in [0, 0.1) is 6.92 Å². The van der Waals surface area contributed by atoms with Gasteiger partial charge in [-0.05, 0) is 31.2 Å². The maximum Gasteiger partial charge on any atom is 0.257 e. The van der Waals surface area contributed by atoms with Crippen molar-refractivity contribution < 1.29 is 9.53 Å². The van der Waals surface area contributed by atoms with Crippen LogP contribution in [-0.2, 0) is 0 Å². The van der Waals surface area contributed by atoms with Crippen LogP contribution >= 0.6 is 11.3 Å². The van der Waals surface area contributed by atoms with Gasteiger partial charge < -0.3 is 14.5 Å². The fraction of sp³-hybridized carbons (Fsp3) is 0.240. The molecule has 3 heterocycles. The first kappa shape index (κ1) is 21.2. The molecular weight excluding hydrogens is 434 g/mol. The summed E-state index contributed by atoms with van der Waals surface area (Å²) in [6, 6.07) is 15.8. The number of methoxy groups -OCH3 is 1. The van der Waals surface area contributed by atoms with E-state index in [1.54, 1.807) is 23.1 Å². The summed E-state index contributed by atoms with van der Waals surface area (Å²) in [7, 11) is 1.64. The Hall–Kier alpha value is -3.65. The summed E-state index contributed by atoms with van der Waals surface area (Å²) in [5, 5.41) is 7.81. The number of thiazole rings is 1. The number of carbonyl (C=O) groups excluding carboxylic acids is 1. The summed E-state index contributed by atoms with van der Waals surface area (Å²) in [5.41, 5.74) is 4.18. The highest BCUT2D eigenvalue weighted by molar-refractivity contribution is 7.13. The lowest BCUT2D eigenvalue weighted by molar-refractivity contribution is 0.0747. The quantitative estimate of drug-likeness (QED) is 0.446. The monoisotopic (exact) mass is 459 g/mol. The fourth-order valence-electron chi connectivity index (χ4n) is 3.99. The lowest BCUT2D eigenvalue weighted by atomic mass is 10.1. The molecule has 7 nitrogen and oxygen atoms in total. The van der Waals surface area contributed by atoms with E-state index in [2.05, 4.69) is 16.8 Å². The second kappa shape index (κ2) is 9.07.